The third kappa shape index (κ3) is 3.62. The molecule has 0 saturated heterocycles. The Kier molecular flexibility index (Phi) is 5.07. The number of H-pyrrole nitrogens is 1. The molecule has 4 nitrogen and oxygen atoms in total. The van der Waals surface area contributed by atoms with Gasteiger partial charge >= 0.3 is 0 Å². The molecule has 3 aromatic heterocycles. The summed E-state index contributed by atoms with van der Waals surface area (Å²) in [7, 11) is 0. The van der Waals surface area contributed by atoms with Crippen molar-refractivity contribution in [2.75, 3.05) is 6.54 Å². The minimum Gasteiger partial charge on any atom is -0.361 e. The van der Waals surface area contributed by atoms with E-state index in [0.717, 1.165) is 27.7 Å². The minimum atomic E-state index is -0.0489. The number of thiophene rings is 1. The van der Waals surface area contributed by atoms with Gasteiger partial charge in [-0.05, 0) is 53.3 Å². The summed E-state index contributed by atoms with van der Waals surface area (Å²) in [6.07, 6.45) is 2.80. The smallest absolute Gasteiger partial charge is 0.267 e. The van der Waals surface area contributed by atoms with E-state index in [1.807, 2.05) is 48.7 Å². The second-order valence-corrected chi connectivity index (χ2v) is 8.66. The van der Waals surface area contributed by atoms with Crippen LogP contribution in [0.4, 0.5) is 0 Å². The molecule has 0 radical (unpaired) electrons. The van der Waals surface area contributed by atoms with E-state index in [2.05, 4.69) is 38.4 Å². The molecule has 2 N–H and O–H groups in total. The number of aromatic nitrogens is 2. The summed E-state index contributed by atoms with van der Waals surface area (Å²) >= 11 is 7.67. The Balaban J connectivity index is 1.34. The topological polar surface area (TPSA) is 49.8 Å². The molecule has 150 valence electrons. The first-order valence-corrected chi connectivity index (χ1v) is 11.1. The van der Waals surface area contributed by atoms with Gasteiger partial charge < -0.3 is 14.9 Å². The van der Waals surface area contributed by atoms with E-state index >= 15 is 0 Å². The van der Waals surface area contributed by atoms with Gasteiger partial charge in [0.2, 0.25) is 0 Å². The number of hydrogen-bond acceptors (Lipinski definition) is 2. The lowest BCUT2D eigenvalue weighted by Gasteiger charge is -2.11. The third-order valence-corrected chi connectivity index (χ3v) is 6.47. The van der Waals surface area contributed by atoms with Crippen molar-refractivity contribution in [3.8, 4) is 0 Å². The largest absolute Gasteiger partial charge is 0.361 e. The van der Waals surface area contributed by atoms with Crippen molar-refractivity contribution in [2.45, 2.75) is 13.0 Å². The molecule has 2 aromatic carbocycles. The third-order valence-electron chi connectivity index (χ3n) is 5.36. The Morgan fingerprint density at radius 2 is 1.93 bits per heavy atom. The quantitative estimate of drug-likeness (QED) is 0.346. The highest BCUT2D eigenvalue weighted by Crippen LogP contribution is 2.26. The van der Waals surface area contributed by atoms with Crippen molar-refractivity contribution >= 4 is 50.0 Å². The first-order valence-electron chi connectivity index (χ1n) is 9.83. The second-order valence-electron chi connectivity index (χ2n) is 7.28. The monoisotopic (exact) mass is 433 g/mol. The van der Waals surface area contributed by atoms with Gasteiger partial charge in [-0.2, -0.15) is 0 Å². The molecule has 0 saturated carbocycles. The van der Waals surface area contributed by atoms with Crippen molar-refractivity contribution in [3.05, 3.63) is 94.1 Å². The maximum atomic E-state index is 13.0. The Morgan fingerprint density at radius 1 is 1.10 bits per heavy atom. The first-order chi connectivity index (χ1) is 14.7. The molecule has 3 heterocycles. The number of carbonyl (C=O) groups excluding carboxylic acids is 1. The highest BCUT2D eigenvalue weighted by Gasteiger charge is 2.17. The average molecular weight is 434 g/mol. The highest BCUT2D eigenvalue weighted by molar-refractivity contribution is 7.17. The van der Waals surface area contributed by atoms with Crippen LogP contribution in [0.2, 0.25) is 5.02 Å². The van der Waals surface area contributed by atoms with Crippen LogP contribution in [0.1, 0.15) is 21.6 Å². The van der Waals surface area contributed by atoms with Crippen LogP contribution in [-0.2, 0) is 13.0 Å². The summed E-state index contributed by atoms with van der Waals surface area (Å²) in [4.78, 5) is 16.3. The molecule has 5 aromatic rings. The lowest BCUT2D eigenvalue weighted by molar-refractivity contribution is 0.0946. The summed E-state index contributed by atoms with van der Waals surface area (Å²) in [6, 6.07) is 20.0. The fourth-order valence-electron chi connectivity index (χ4n) is 3.85. The molecule has 1 amide bonds. The lowest BCUT2D eigenvalue weighted by atomic mass is 10.1. The Hall–Kier alpha value is -3.02. The van der Waals surface area contributed by atoms with Gasteiger partial charge in [0, 0.05) is 35.2 Å². The van der Waals surface area contributed by atoms with E-state index in [4.69, 9.17) is 11.6 Å². The van der Waals surface area contributed by atoms with Gasteiger partial charge in [0.15, 0.2) is 0 Å². The Bertz CT molecular complexity index is 1330. The van der Waals surface area contributed by atoms with Gasteiger partial charge in [0.05, 0.1) is 10.2 Å². The van der Waals surface area contributed by atoms with Crippen LogP contribution in [0.3, 0.4) is 0 Å². The summed E-state index contributed by atoms with van der Waals surface area (Å²) in [6.45, 7) is 1.21. The Morgan fingerprint density at radius 3 is 2.80 bits per heavy atom. The second kappa shape index (κ2) is 8.01. The minimum absolute atomic E-state index is 0.0489. The molecule has 5 rings (SSSR count). The van der Waals surface area contributed by atoms with E-state index in [1.165, 1.54) is 10.9 Å². The van der Waals surface area contributed by atoms with Crippen LogP contribution >= 0.6 is 22.9 Å². The number of carbonyl (C=O) groups is 1. The molecule has 0 aliphatic rings. The maximum absolute atomic E-state index is 13.0. The summed E-state index contributed by atoms with van der Waals surface area (Å²) in [5.41, 5.74) is 5.21. The number of hydrogen-bond donors (Lipinski definition) is 2. The normalized spacial score (nSPS) is 11.4. The van der Waals surface area contributed by atoms with Gasteiger partial charge in [0.1, 0.15) is 5.69 Å². The summed E-state index contributed by atoms with van der Waals surface area (Å²) in [5.74, 6) is -0.0489. The van der Waals surface area contributed by atoms with Gasteiger partial charge in [-0.15, -0.1) is 11.3 Å². The molecular weight excluding hydrogens is 414 g/mol. The predicted octanol–water partition coefficient (Wildman–Crippen LogP) is 5.86. The predicted molar refractivity (Wildman–Crippen MR) is 125 cm³/mol. The lowest BCUT2D eigenvalue weighted by Crippen LogP contribution is -2.28. The Labute approximate surface area is 183 Å². The number of rotatable bonds is 6. The van der Waals surface area contributed by atoms with Crippen LogP contribution in [-0.4, -0.2) is 22.0 Å². The zero-order valence-electron chi connectivity index (χ0n) is 16.2. The fourth-order valence-corrected chi connectivity index (χ4v) is 4.80. The fraction of sp³-hybridized carbons (Fsp3) is 0.125. The number of fused-ring (bicyclic) bond motifs is 2. The van der Waals surface area contributed by atoms with Crippen LogP contribution in [0.5, 0.6) is 0 Å². The van der Waals surface area contributed by atoms with E-state index in [1.54, 1.807) is 11.3 Å². The van der Waals surface area contributed by atoms with E-state index < -0.39 is 0 Å². The van der Waals surface area contributed by atoms with Crippen molar-refractivity contribution in [2.24, 2.45) is 0 Å². The van der Waals surface area contributed by atoms with Crippen LogP contribution in [0, 0.1) is 0 Å². The molecule has 0 unspecified atom stereocenters. The molecule has 0 bridgehead atoms. The van der Waals surface area contributed by atoms with Gasteiger partial charge in [-0.25, -0.2) is 0 Å². The summed E-state index contributed by atoms with van der Waals surface area (Å²) in [5, 5.41) is 7.07. The standard InChI is InChI=1S/C24H20ClN3OS/c25-18-7-5-16(6-8-18)15-28-21-10-12-30-23(21)13-22(28)24(29)26-11-9-17-14-27-20-4-2-1-3-19(17)20/h1-8,10,12-14,27H,9,11,15H2,(H,26,29). The molecule has 0 fully saturated rings. The number of halogens is 1. The molecule has 0 spiro atoms. The molecule has 0 atom stereocenters. The average Bonchev–Trinajstić information content (AvgIpc) is 3.46. The van der Waals surface area contributed by atoms with E-state index in [0.29, 0.717) is 23.8 Å². The van der Waals surface area contributed by atoms with Crippen molar-refractivity contribution in [1.82, 2.24) is 14.9 Å². The highest BCUT2D eigenvalue weighted by atomic mass is 35.5. The van der Waals surface area contributed by atoms with E-state index in [-0.39, 0.29) is 5.91 Å². The first kappa shape index (κ1) is 19.0. The number of para-hydroxylation sites is 1. The van der Waals surface area contributed by atoms with Crippen molar-refractivity contribution in [1.29, 1.82) is 0 Å². The zero-order chi connectivity index (χ0) is 20.5. The molecule has 0 aliphatic heterocycles. The molecule has 0 aliphatic carbocycles. The van der Waals surface area contributed by atoms with Crippen molar-refractivity contribution in [3.63, 3.8) is 0 Å². The van der Waals surface area contributed by atoms with Gasteiger partial charge in [-0.3, -0.25) is 4.79 Å². The number of benzene rings is 2. The van der Waals surface area contributed by atoms with Crippen LogP contribution in [0.25, 0.3) is 21.1 Å². The number of nitrogens with zero attached hydrogens (tertiary/aromatic N) is 1. The maximum Gasteiger partial charge on any atom is 0.267 e. The number of amides is 1. The number of aromatic amines is 1. The molecular formula is C24H20ClN3OS. The summed E-state index contributed by atoms with van der Waals surface area (Å²) < 4.78 is 3.20. The van der Waals surface area contributed by atoms with Gasteiger partial charge in [-0.1, -0.05) is 41.9 Å². The van der Waals surface area contributed by atoms with Crippen molar-refractivity contribution < 1.29 is 4.79 Å². The molecule has 30 heavy (non-hydrogen) atoms. The van der Waals surface area contributed by atoms with Gasteiger partial charge in [0.25, 0.3) is 5.91 Å². The SMILES string of the molecule is O=C(NCCc1c[nH]c2ccccc12)c1cc2sccc2n1Cc1ccc(Cl)cc1. The van der Waals surface area contributed by atoms with E-state index in [9.17, 15) is 4.79 Å². The zero-order valence-corrected chi connectivity index (χ0v) is 17.8. The van der Waals surface area contributed by atoms with Crippen LogP contribution in [0.15, 0.2) is 72.2 Å². The van der Waals surface area contributed by atoms with Crippen LogP contribution < -0.4 is 5.32 Å². The molecule has 6 heteroatoms. The number of nitrogens with one attached hydrogen (secondary N) is 2.